The largest absolute Gasteiger partial charge is 0.393 e. The molecular weight excluding hydrogens is 529 g/mol. The second kappa shape index (κ2) is 12.0. The Kier molecular flexibility index (Phi) is 8.42. The molecule has 1 aliphatic carbocycles. The maximum absolute atomic E-state index is 15.8. The molecule has 2 fully saturated rings. The van der Waals surface area contributed by atoms with Crippen LogP contribution in [-0.4, -0.2) is 53.0 Å². The lowest BCUT2D eigenvalue weighted by Crippen LogP contribution is -2.55. The highest BCUT2D eigenvalue weighted by atomic mass is 35.5. The SMILES string of the molecule is C[C@@H]1CN(c2cc(F)c(-c3ccc(NC(=O)C4CCCCC4)cc3)cc2Nc2ncnc(Cl)c2N)C[C@H](C)N1C. The van der Waals surface area contributed by atoms with Crippen molar-refractivity contribution in [3.8, 4) is 11.1 Å². The molecule has 3 aromatic rings. The number of aromatic nitrogens is 2. The van der Waals surface area contributed by atoms with Gasteiger partial charge in [-0.2, -0.15) is 0 Å². The van der Waals surface area contributed by atoms with E-state index in [4.69, 9.17) is 17.3 Å². The Bertz CT molecular complexity index is 1350. The van der Waals surface area contributed by atoms with Crippen LogP contribution < -0.4 is 21.3 Å². The van der Waals surface area contributed by atoms with E-state index in [1.165, 1.54) is 12.7 Å². The van der Waals surface area contributed by atoms with Gasteiger partial charge in [0.15, 0.2) is 11.0 Å². The minimum atomic E-state index is -0.340. The maximum Gasteiger partial charge on any atom is 0.227 e. The summed E-state index contributed by atoms with van der Waals surface area (Å²) in [6.45, 7) is 5.81. The van der Waals surface area contributed by atoms with Crippen molar-refractivity contribution in [2.24, 2.45) is 5.92 Å². The van der Waals surface area contributed by atoms with E-state index in [0.29, 0.717) is 28.3 Å². The van der Waals surface area contributed by atoms with E-state index in [0.717, 1.165) is 44.5 Å². The van der Waals surface area contributed by atoms with Crippen molar-refractivity contribution in [2.45, 2.75) is 58.0 Å². The van der Waals surface area contributed by atoms with Crippen LogP contribution >= 0.6 is 11.6 Å². The molecule has 4 N–H and O–H groups in total. The monoisotopic (exact) mass is 565 g/mol. The van der Waals surface area contributed by atoms with Gasteiger partial charge in [0.1, 0.15) is 17.8 Å². The summed E-state index contributed by atoms with van der Waals surface area (Å²) in [6.07, 6.45) is 6.60. The van der Waals surface area contributed by atoms with E-state index in [-0.39, 0.29) is 40.6 Å². The second-order valence-corrected chi connectivity index (χ2v) is 11.4. The van der Waals surface area contributed by atoms with Crippen LogP contribution in [0.15, 0.2) is 42.7 Å². The first-order chi connectivity index (χ1) is 19.2. The van der Waals surface area contributed by atoms with E-state index in [1.54, 1.807) is 12.1 Å². The summed E-state index contributed by atoms with van der Waals surface area (Å²) in [6, 6.07) is 11.2. The maximum atomic E-state index is 15.8. The van der Waals surface area contributed by atoms with Crippen LogP contribution in [0.4, 0.5) is 33.0 Å². The molecule has 0 unspecified atom stereocenters. The van der Waals surface area contributed by atoms with E-state index >= 15 is 4.39 Å². The molecule has 1 aliphatic heterocycles. The Morgan fingerprint density at radius 3 is 2.40 bits per heavy atom. The number of rotatable bonds is 6. The zero-order valence-electron chi connectivity index (χ0n) is 23.3. The Morgan fingerprint density at radius 1 is 1.05 bits per heavy atom. The third-order valence-corrected chi connectivity index (χ3v) is 8.61. The molecule has 1 saturated heterocycles. The molecule has 1 amide bonds. The normalized spacial score (nSPS) is 20.4. The van der Waals surface area contributed by atoms with E-state index in [2.05, 4.69) is 51.3 Å². The highest BCUT2D eigenvalue weighted by Gasteiger charge is 2.29. The van der Waals surface area contributed by atoms with Crippen LogP contribution in [0.3, 0.4) is 0 Å². The molecule has 10 heteroatoms. The molecule has 0 bridgehead atoms. The van der Waals surface area contributed by atoms with Crippen LogP contribution in [0.5, 0.6) is 0 Å². The number of hydrogen-bond donors (Lipinski definition) is 3. The average molecular weight is 566 g/mol. The molecule has 2 atom stereocenters. The van der Waals surface area contributed by atoms with E-state index < -0.39 is 0 Å². The number of nitrogens with one attached hydrogen (secondary N) is 2. The summed E-state index contributed by atoms with van der Waals surface area (Å²) in [5, 5.41) is 6.47. The molecule has 5 rings (SSSR count). The van der Waals surface area contributed by atoms with Crippen LogP contribution in [0.25, 0.3) is 11.1 Å². The number of nitrogens with two attached hydrogens (primary N) is 1. The van der Waals surface area contributed by atoms with Crippen molar-refractivity contribution < 1.29 is 9.18 Å². The standard InChI is InChI=1S/C30H37ClFN7O/c1-18-15-39(16-19(2)38(18)3)26-14-24(32)23(13-25(26)37-29-27(33)28(31)34-17-35-29)20-9-11-22(12-10-20)36-30(40)21-7-5-4-6-8-21/h9-14,17-19,21H,4-8,15-16,33H2,1-3H3,(H,36,40)(H,34,35,37)/t18-,19+. The number of amides is 1. The minimum Gasteiger partial charge on any atom is -0.393 e. The number of benzene rings is 2. The molecular formula is C30H37ClFN7O. The van der Waals surface area contributed by atoms with Crippen molar-refractivity contribution in [1.29, 1.82) is 0 Å². The first-order valence-electron chi connectivity index (χ1n) is 14.0. The topological polar surface area (TPSA) is 99.4 Å². The van der Waals surface area contributed by atoms with Crippen LogP contribution in [0, 0.1) is 11.7 Å². The molecule has 2 heterocycles. The minimum absolute atomic E-state index is 0.0613. The molecule has 1 saturated carbocycles. The summed E-state index contributed by atoms with van der Waals surface area (Å²) in [5.74, 6) is 0.142. The first-order valence-corrected chi connectivity index (χ1v) is 14.3. The molecule has 0 spiro atoms. The fourth-order valence-corrected chi connectivity index (χ4v) is 5.82. The van der Waals surface area contributed by atoms with Gasteiger partial charge in [-0.15, -0.1) is 0 Å². The predicted molar refractivity (Wildman–Crippen MR) is 161 cm³/mol. The molecule has 40 heavy (non-hydrogen) atoms. The number of halogens is 2. The molecule has 2 aromatic carbocycles. The summed E-state index contributed by atoms with van der Waals surface area (Å²) >= 11 is 6.15. The van der Waals surface area contributed by atoms with Gasteiger partial charge in [-0.1, -0.05) is 43.0 Å². The summed E-state index contributed by atoms with van der Waals surface area (Å²) < 4.78 is 15.8. The van der Waals surface area contributed by atoms with Crippen LogP contribution in [0.1, 0.15) is 46.0 Å². The van der Waals surface area contributed by atoms with E-state index in [9.17, 15) is 4.79 Å². The Morgan fingerprint density at radius 2 is 1.73 bits per heavy atom. The van der Waals surface area contributed by atoms with Crippen molar-refractivity contribution in [2.75, 3.05) is 41.4 Å². The van der Waals surface area contributed by atoms with Gasteiger partial charge in [0, 0.05) is 42.3 Å². The van der Waals surface area contributed by atoms with Gasteiger partial charge >= 0.3 is 0 Å². The quantitative estimate of drug-likeness (QED) is 0.301. The molecule has 8 nitrogen and oxygen atoms in total. The Balaban J connectivity index is 1.46. The lowest BCUT2D eigenvalue weighted by atomic mass is 9.88. The first kappa shape index (κ1) is 28.1. The number of anilines is 5. The van der Waals surface area contributed by atoms with Gasteiger partial charge in [-0.05, 0) is 63.6 Å². The number of carbonyl (C=O) groups excluding carboxylic acids is 1. The Hall–Kier alpha value is -3.43. The zero-order valence-corrected chi connectivity index (χ0v) is 24.0. The van der Waals surface area contributed by atoms with Gasteiger partial charge in [0.2, 0.25) is 5.91 Å². The van der Waals surface area contributed by atoms with Gasteiger partial charge in [-0.3, -0.25) is 9.69 Å². The van der Waals surface area contributed by atoms with Gasteiger partial charge in [-0.25, -0.2) is 14.4 Å². The molecule has 2 aliphatic rings. The summed E-state index contributed by atoms with van der Waals surface area (Å²) in [7, 11) is 2.11. The number of carbonyl (C=O) groups is 1. The van der Waals surface area contributed by atoms with Crippen LogP contribution in [0.2, 0.25) is 5.15 Å². The van der Waals surface area contributed by atoms with Gasteiger partial charge in [0.25, 0.3) is 0 Å². The summed E-state index contributed by atoms with van der Waals surface area (Å²) in [5.41, 5.74) is 9.59. The number of piperazine rings is 1. The van der Waals surface area contributed by atoms with Crippen LogP contribution in [-0.2, 0) is 4.79 Å². The van der Waals surface area contributed by atoms with Crippen molar-refractivity contribution in [3.05, 3.63) is 53.7 Å². The summed E-state index contributed by atoms with van der Waals surface area (Å²) in [4.78, 5) is 25.4. The molecule has 1 aromatic heterocycles. The third-order valence-electron chi connectivity index (χ3n) is 8.31. The molecule has 0 radical (unpaired) electrons. The number of nitrogen functional groups attached to an aromatic ring is 1. The number of likely N-dealkylation sites (N-methyl/N-ethyl adjacent to an activating group) is 1. The average Bonchev–Trinajstić information content (AvgIpc) is 2.95. The van der Waals surface area contributed by atoms with Crippen molar-refractivity contribution in [3.63, 3.8) is 0 Å². The predicted octanol–water partition coefficient (Wildman–Crippen LogP) is 6.31. The lowest BCUT2D eigenvalue weighted by Gasteiger charge is -2.44. The van der Waals surface area contributed by atoms with E-state index in [1.807, 2.05) is 24.3 Å². The second-order valence-electron chi connectivity index (χ2n) is 11.1. The molecule has 212 valence electrons. The fourth-order valence-electron chi connectivity index (χ4n) is 5.69. The van der Waals surface area contributed by atoms with Crippen molar-refractivity contribution >= 4 is 46.1 Å². The number of hydrogen-bond acceptors (Lipinski definition) is 7. The zero-order chi connectivity index (χ0) is 28.4. The fraction of sp³-hybridized carbons (Fsp3) is 0.433. The Labute approximate surface area is 240 Å². The smallest absolute Gasteiger partial charge is 0.227 e. The van der Waals surface area contributed by atoms with Crippen molar-refractivity contribution in [1.82, 2.24) is 14.9 Å². The number of nitrogens with zero attached hydrogens (tertiary/aromatic N) is 4. The highest BCUT2D eigenvalue weighted by Crippen LogP contribution is 2.38. The highest BCUT2D eigenvalue weighted by molar-refractivity contribution is 6.32. The third kappa shape index (κ3) is 6.00. The van der Waals surface area contributed by atoms with Gasteiger partial charge < -0.3 is 21.3 Å². The lowest BCUT2D eigenvalue weighted by molar-refractivity contribution is -0.120. The van der Waals surface area contributed by atoms with Gasteiger partial charge in [0.05, 0.1) is 11.4 Å².